The standard InChI is InChI=1S/C19H18Cl2N2O2/c1-3-22-12(2)17(19(25)23-14-7-5-4-6-8-14)18(24)15-10-9-13(20)11-16(15)21/h4-11,24H,3H2,1-2H3,(H,23,25)/b18-17-,22-12?. The first-order valence-corrected chi connectivity index (χ1v) is 8.46. The first-order valence-electron chi connectivity index (χ1n) is 7.70. The molecule has 25 heavy (non-hydrogen) atoms. The number of rotatable bonds is 5. The lowest BCUT2D eigenvalue weighted by atomic mass is 10.0. The number of nitrogens with zero attached hydrogens (tertiary/aromatic N) is 1. The highest BCUT2D eigenvalue weighted by Crippen LogP contribution is 2.28. The fourth-order valence-corrected chi connectivity index (χ4v) is 2.79. The van der Waals surface area contributed by atoms with Gasteiger partial charge in [-0.2, -0.15) is 0 Å². The van der Waals surface area contributed by atoms with Crippen LogP contribution in [-0.4, -0.2) is 23.3 Å². The predicted octanol–water partition coefficient (Wildman–Crippen LogP) is 5.38. The normalized spacial score (nSPS) is 12.6. The van der Waals surface area contributed by atoms with Crippen LogP contribution in [0.15, 0.2) is 59.1 Å². The van der Waals surface area contributed by atoms with E-state index >= 15 is 0 Å². The fourth-order valence-electron chi connectivity index (χ4n) is 2.29. The monoisotopic (exact) mass is 376 g/mol. The van der Waals surface area contributed by atoms with Gasteiger partial charge in [0.2, 0.25) is 0 Å². The molecule has 2 aromatic rings. The van der Waals surface area contributed by atoms with Crippen molar-refractivity contribution in [1.29, 1.82) is 0 Å². The molecule has 0 saturated carbocycles. The van der Waals surface area contributed by atoms with E-state index in [0.717, 1.165) is 0 Å². The van der Waals surface area contributed by atoms with Crippen molar-refractivity contribution in [3.63, 3.8) is 0 Å². The highest BCUT2D eigenvalue weighted by atomic mass is 35.5. The number of benzene rings is 2. The fraction of sp³-hybridized carbons (Fsp3) is 0.158. The average Bonchev–Trinajstić information content (AvgIpc) is 2.56. The van der Waals surface area contributed by atoms with Crippen molar-refractivity contribution in [2.24, 2.45) is 4.99 Å². The minimum atomic E-state index is -0.468. The molecule has 0 fully saturated rings. The molecular weight excluding hydrogens is 359 g/mol. The third-order valence-corrected chi connectivity index (χ3v) is 3.99. The molecule has 0 unspecified atom stereocenters. The Labute approximate surface area is 156 Å². The van der Waals surface area contributed by atoms with Crippen molar-refractivity contribution in [2.75, 3.05) is 11.9 Å². The van der Waals surface area contributed by atoms with Gasteiger partial charge in [-0.3, -0.25) is 9.79 Å². The lowest BCUT2D eigenvalue weighted by Crippen LogP contribution is -2.21. The van der Waals surface area contributed by atoms with Gasteiger partial charge in [-0.05, 0) is 44.2 Å². The van der Waals surface area contributed by atoms with Crippen molar-refractivity contribution >= 4 is 46.3 Å². The molecule has 0 aliphatic heterocycles. The summed E-state index contributed by atoms with van der Waals surface area (Å²) >= 11 is 12.1. The van der Waals surface area contributed by atoms with Crippen LogP contribution in [0.2, 0.25) is 10.0 Å². The van der Waals surface area contributed by atoms with Gasteiger partial charge in [0.05, 0.1) is 5.02 Å². The number of carbonyl (C=O) groups is 1. The van der Waals surface area contributed by atoms with Gasteiger partial charge in [0, 0.05) is 28.5 Å². The van der Waals surface area contributed by atoms with E-state index in [9.17, 15) is 9.90 Å². The molecule has 2 aromatic carbocycles. The largest absolute Gasteiger partial charge is 0.506 e. The van der Waals surface area contributed by atoms with Crippen LogP contribution in [0.1, 0.15) is 19.4 Å². The van der Waals surface area contributed by atoms with E-state index in [1.807, 2.05) is 25.1 Å². The Morgan fingerprint density at radius 3 is 2.44 bits per heavy atom. The molecule has 4 nitrogen and oxygen atoms in total. The maximum Gasteiger partial charge on any atom is 0.261 e. The second-order valence-electron chi connectivity index (χ2n) is 5.23. The van der Waals surface area contributed by atoms with Crippen molar-refractivity contribution in [1.82, 2.24) is 0 Å². The third kappa shape index (κ3) is 4.84. The van der Waals surface area contributed by atoms with Gasteiger partial charge in [-0.15, -0.1) is 0 Å². The molecule has 0 atom stereocenters. The first-order chi connectivity index (χ1) is 11.9. The van der Waals surface area contributed by atoms with Crippen LogP contribution in [0, 0.1) is 0 Å². The zero-order chi connectivity index (χ0) is 18.4. The first kappa shape index (κ1) is 19.0. The summed E-state index contributed by atoms with van der Waals surface area (Å²) in [6.07, 6.45) is 0. The number of aliphatic hydroxyl groups excluding tert-OH is 1. The highest BCUT2D eigenvalue weighted by molar-refractivity contribution is 6.36. The molecule has 0 aliphatic rings. The summed E-state index contributed by atoms with van der Waals surface area (Å²) in [6, 6.07) is 13.6. The second kappa shape index (κ2) is 8.70. The molecule has 6 heteroatoms. The Balaban J connectivity index is 2.51. The SMILES string of the molecule is CCN=C(C)/C(C(=O)Nc1ccccc1)=C(/O)c1ccc(Cl)cc1Cl. The summed E-state index contributed by atoms with van der Waals surface area (Å²) < 4.78 is 0. The number of aliphatic imine (C=N–C) groups is 1. The highest BCUT2D eigenvalue weighted by Gasteiger charge is 2.21. The van der Waals surface area contributed by atoms with Gasteiger partial charge in [-0.1, -0.05) is 41.4 Å². The van der Waals surface area contributed by atoms with E-state index < -0.39 is 5.91 Å². The molecule has 2 N–H and O–H groups in total. The number of anilines is 1. The van der Waals surface area contributed by atoms with E-state index in [1.54, 1.807) is 31.2 Å². The van der Waals surface area contributed by atoms with Crippen LogP contribution in [0.25, 0.3) is 5.76 Å². The summed E-state index contributed by atoms with van der Waals surface area (Å²) in [4.78, 5) is 17.0. The van der Waals surface area contributed by atoms with E-state index in [0.29, 0.717) is 28.5 Å². The number of para-hydroxylation sites is 1. The molecule has 0 aliphatic carbocycles. The summed E-state index contributed by atoms with van der Waals surface area (Å²) in [5.41, 5.74) is 1.41. The number of halogens is 2. The second-order valence-corrected chi connectivity index (χ2v) is 6.07. The third-order valence-electron chi connectivity index (χ3n) is 3.44. The molecule has 0 spiro atoms. The van der Waals surface area contributed by atoms with Gasteiger partial charge >= 0.3 is 0 Å². The molecule has 0 heterocycles. The Morgan fingerprint density at radius 1 is 1.16 bits per heavy atom. The van der Waals surface area contributed by atoms with E-state index in [-0.39, 0.29) is 16.4 Å². The van der Waals surface area contributed by atoms with Crippen LogP contribution in [0.4, 0.5) is 5.69 Å². The van der Waals surface area contributed by atoms with Crippen LogP contribution in [-0.2, 0) is 4.79 Å². The number of amides is 1. The minimum Gasteiger partial charge on any atom is -0.506 e. The predicted molar refractivity (Wildman–Crippen MR) is 105 cm³/mol. The average molecular weight is 377 g/mol. The van der Waals surface area contributed by atoms with E-state index in [2.05, 4.69) is 10.3 Å². The molecule has 0 aromatic heterocycles. The Kier molecular flexibility index (Phi) is 6.62. The van der Waals surface area contributed by atoms with Crippen LogP contribution in [0.3, 0.4) is 0 Å². The number of hydrogen-bond acceptors (Lipinski definition) is 3. The maximum atomic E-state index is 12.7. The Bertz CT molecular complexity index is 831. The van der Waals surface area contributed by atoms with Gasteiger partial charge in [0.1, 0.15) is 11.3 Å². The molecule has 0 saturated heterocycles. The van der Waals surface area contributed by atoms with E-state index in [1.165, 1.54) is 6.07 Å². The van der Waals surface area contributed by atoms with Gasteiger partial charge in [0.15, 0.2) is 0 Å². The molecule has 2 rings (SSSR count). The van der Waals surface area contributed by atoms with Gasteiger partial charge < -0.3 is 10.4 Å². The Hall–Kier alpha value is -2.30. The molecular formula is C19H18Cl2N2O2. The zero-order valence-corrected chi connectivity index (χ0v) is 15.4. The lowest BCUT2D eigenvalue weighted by molar-refractivity contribution is -0.112. The number of nitrogens with one attached hydrogen (secondary N) is 1. The van der Waals surface area contributed by atoms with Crippen LogP contribution < -0.4 is 5.32 Å². The van der Waals surface area contributed by atoms with Crippen molar-refractivity contribution in [2.45, 2.75) is 13.8 Å². The molecule has 1 amide bonds. The van der Waals surface area contributed by atoms with Gasteiger partial charge in [0.25, 0.3) is 5.91 Å². The summed E-state index contributed by atoms with van der Waals surface area (Å²) in [7, 11) is 0. The van der Waals surface area contributed by atoms with Crippen LogP contribution >= 0.6 is 23.2 Å². The maximum absolute atomic E-state index is 12.7. The number of hydrogen-bond donors (Lipinski definition) is 2. The quantitative estimate of drug-likeness (QED) is 0.417. The van der Waals surface area contributed by atoms with Crippen molar-refractivity contribution in [3.05, 3.63) is 69.7 Å². The summed E-state index contributed by atoms with van der Waals surface area (Å²) in [5, 5.41) is 14.2. The van der Waals surface area contributed by atoms with E-state index in [4.69, 9.17) is 23.2 Å². The summed E-state index contributed by atoms with van der Waals surface area (Å²) in [5.74, 6) is -0.714. The molecule has 130 valence electrons. The lowest BCUT2D eigenvalue weighted by Gasteiger charge is -2.13. The van der Waals surface area contributed by atoms with Gasteiger partial charge in [-0.25, -0.2) is 0 Å². The molecule has 0 radical (unpaired) electrons. The summed E-state index contributed by atoms with van der Waals surface area (Å²) in [6.45, 7) is 4.00. The number of carbonyl (C=O) groups excluding carboxylic acids is 1. The van der Waals surface area contributed by atoms with Crippen LogP contribution in [0.5, 0.6) is 0 Å². The minimum absolute atomic E-state index is 0.0647. The molecule has 0 bridgehead atoms. The van der Waals surface area contributed by atoms with Crippen molar-refractivity contribution in [3.8, 4) is 0 Å². The number of aliphatic hydroxyl groups is 1. The zero-order valence-electron chi connectivity index (χ0n) is 13.9. The Morgan fingerprint density at radius 2 is 1.84 bits per heavy atom. The smallest absolute Gasteiger partial charge is 0.261 e. The topological polar surface area (TPSA) is 61.7 Å². The van der Waals surface area contributed by atoms with Crippen molar-refractivity contribution < 1.29 is 9.90 Å².